The number of hydrogen-bond acceptors (Lipinski definition) is 2. The van der Waals surface area contributed by atoms with Gasteiger partial charge in [0, 0.05) is 11.5 Å². The second-order valence-corrected chi connectivity index (χ2v) is 12.4. The Morgan fingerprint density at radius 1 is 1.14 bits per heavy atom. The standard InChI is InChI=1S/C18H28O2Si/c1-18(2,3)21(4,5)20-15-9-7-6-8-14-10-13-17(19)16(14)12-11-15/h6-7,10,12-15H,8-9,11H2,1-5H3/b7-6-,16-12+/t14?,15-/m0/s1. The van der Waals surface area contributed by atoms with Crippen LogP contribution in [0.1, 0.15) is 40.0 Å². The lowest BCUT2D eigenvalue weighted by molar-refractivity contribution is -0.111. The molecule has 21 heavy (non-hydrogen) atoms. The zero-order valence-electron chi connectivity index (χ0n) is 14.0. The molecule has 2 rings (SSSR count). The van der Waals surface area contributed by atoms with Crippen LogP contribution >= 0.6 is 0 Å². The van der Waals surface area contributed by atoms with Crippen LogP contribution in [0.3, 0.4) is 0 Å². The topological polar surface area (TPSA) is 26.3 Å². The van der Waals surface area contributed by atoms with Crippen LogP contribution in [0, 0.1) is 5.92 Å². The maximum absolute atomic E-state index is 11.9. The van der Waals surface area contributed by atoms with E-state index in [9.17, 15) is 4.79 Å². The summed E-state index contributed by atoms with van der Waals surface area (Å²) in [6.07, 6.45) is 13.2. The third-order valence-corrected chi connectivity index (χ3v) is 9.52. The lowest BCUT2D eigenvalue weighted by atomic mass is 9.97. The maximum Gasteiger partial charge on any atom is 0.192 e. The molecule has 0 aromatic rings. The van der Waals surface area contributed by atoms with Crippen LogP contribution in [0.25, 0.3) is 0 Å². The normalized spacial score (nSPS) is 30.9. The highest BCUT2D eigenvalue weighted by Crippen LogP contribution is 2.38. The number of carbonyl (C=O) groups excluding carboxylic acids is 1. The minimum Gasteiger partial charge on any atom is -0.413 e. The number of fused-ring (bicyclic) bond motifs is 1. The SMILES string of the molecule is CC(C)(C)[Si](C)(C)O[C@H]1C/C=C\CC2C=CC(=O)/C2=C/C1. The van der Waals surface area contributed by atoms with Crippen molar-refractivity contribution in [1.29, 1.82) is 0 Å². The quantitative estimate of drug-likeness (QED) is 0.541. The molecule has 0 aromatic heterocycles. The summed E-state index contributed by atoms with van der Waals surface area (Å²) in [5, 5.41) is 0.218. The fourth-order valence-electron chi connectivity index (χ4n) is 2.58. The molecule has 3 heteroatoms. The van der Waals surface area contributed by atoms with E-state index in [1.165, 1.54) is 0 Å². The van der Waals surface area contributed by atoms with Crippen molar-refractivity contribution in [2.75, 3.05) is 0 Å². The Bertz CT molecular complexity index is 492. The van der Waals surface area contributed by atoms with Gasteiger partial charge in [0.05, 0.1) is 6.10 Å². The van der Waals surface area contributed by atoms with Crippen molar-refractivity contribution in [1.82, 2.24) is 0 Å². The molecule has 0 bridgehead atoms. The monoisotopic (exact) mass is 304 g/mol. The number of rotatable bonds is 2. The van der Waals surface area contributed by atoms with Crippen molar-refractivity contribution in [2.24, 2.45) is 5.92 Å². The highest BCUT2D eigenvalue weighted by atomic mass is 28.4. The van der Waals surface area contributed by atoms with E-state index in [1.54, 1.807) is 6.08 Å². The number of ketones is 1. The van der Waals surface area contributed by atoms with E-state index in [2.05, 4.69) is 52.1 Å². The highest BCUT2D eigenvalue weighted by Gasteiger charge is 2.39. The molecule has 2 nitrogen and oxygen atoms in total. The molecule has 1 unspecified atom stereocenters. The van der Waals surface area contributed by atoms with Gasteiger partial charge in [0.25, 0.3) is 0 Å². The zero-order chi connectivity index (χ0) is 15.7. The van der Waals surface area contributed by atoms with Crippen molar-refractivity contribution < 1.29 is 9.22 Å². The average molecular weight is 305 g/mol. The summed E-state index contributed by atoms with van der Waals surface area (Å²) < 4.78 is 6.53. The van der Waals surface area contributed by atoms with Gasteiger partial charge in [0.1, 0.15) is 0 Å². The zero-order valence-corrected chi connectivity index (χ0v) is 15.0. The average Bonchev–Trinajstić information content (AvgIpc) is 2.73. The van der Waals surface area contributed by atoms with E-state index < -0.39 is 8.32 Å². The highest BCUT2D eigenvalue weighted by molar-refractivity contribution is 6.74. The van der Waals surface area contributed by atoms with Crippen LogP contribution in [0.4, 0.5) is 0 Å². The smallest absolute Gasteiger partial charge is 0.192 e. The Hall–Kier alpha value is -0.933. The lowest BCUT2D eigenvalue weighted by Crippen LogP contribution is -2.43. The van der Waals surface area contributed by atoms with Crippen LogP contribution in [0.5, 0.6) is 0 Å². The van der Waals surface area contributed by atoms with Gasteiger partial charge >= 0.3 is 0 Å². The summed E-state index contributed by atoms with van der Waals surface area (Å²) >= 11 is 0. The van der Waals surface area contributed by atoms with Gasteiger partial charge in [-0.2, -0.15) is 0 Å². The van der Waals surface area contributed by atoms with Crippen LogP contribution in [0.2, 0.25) is 18.1 Å². The second-order valence-electron chi connectivity index (χ2n) is 7.67. The van der Waals surface area contributed by atoms with Crippen molar-refractivity contribution in [3.8, 4) is 0 Å². The fourth-order valence-corrected chi connectivity index (χ4v) is 3.96. The summed E-state index contributed by atoms with van der Waals surface area (Å²) in [7, 11) is -1.76. The van der Waals surface area contributed by atoms with Crippen LogP contribution in [-0.4, -0.2) is 20.2 Å². The Morgan fingerprint density at radius 2 is 1.81 bits per heavy atom. The van der Waals surface area contributed by atoms with Crippen molar-refractivity contribution in [3.05, 3.63) is 36.0 Å². The first-order valence-corrected chi connectivity index (χ1v) is 10.9. The van der Waals surface area contributed by atoms with E-state index in [4.69, 9.17) is 4.43 Å². The Kier molecular flexibility index (Phi) is 4.74. The van der Waals surface area contributed by atoms with E-state index in [0.717, 1.165) is 24.8 Å². The van der Waals surface area contributed by atoms with Gasteiger partial charge in [0.2, 0.25) is 0 Å². The van der Waals surface area contributed by atoms with Gasteiger partial charge < -0.3 is 4.43 Å². The molecule has 0 amide bonds. The van der Waals surface area contributed by atoms with Crippen molar-refractivity contribution in [3.63, 3.8) is 0 Å². The van der Waals surface area contributed by atoms with E-state index >= 15 is 0 Å². The van der Waals surface area contributed by atoms with Gasteiger partial charge in [-0.15, -0.1) is 0 Å². The molecule has 2 aliphatic carbocycles. The van der Waals surface area contributed by atoms with Crippen molar-refractivity contribution in [2.45, 2.75) is 64.3 Å². The molecule has 0 spiro atoms. The van der Waals surface area contributed by atoms with E-state index in [-0.39, 0.29) is 22.8 Å². The summed E-state index contributed by atoms with van der Waals surface area (Å²) in [4.78, 5) is 11.9. The second kappa shape index (κ2) is 6.05. The largest absolute Gasteiger partial charge is 0.413 e. The third kappa shape index (κ3) is 3.83. The molecule has 0 N–H and O–H groups in total. The number of carbonyl (C=O) groups is 1. The molecule has 0 aromatic carbocycles. The molecular weight excluding hydrogens is 276 g/mol. The first-order chi connectivity index (χ1) is 9.71. The van der Waals surface area contributed by atoms with Gasteiger partial charge in [-0.3, -0.25) is 4.79 Å². The van der Waals surface area contributed by atoms with Crippen LogP contribution in [0.15, 0.2) is 36.0 Å². The Morgan fingerprint density at radius 3 is 2.48 bits per heavy atom. The van der Waals surface area contributed by atoms with Crippen molar-refractivity contribution >= 4 is 14.1 Å². The van der Waals surface area contributed by atoms with E-state index in [0.29, 0.717) is 0 Å². The minimum absolute atomic E-state index is 0.182. The first-order valence-electron chi connectivity index (χ1n) is 7.96. The lowest BCUT2D eigenvalue weighted by Gasteiger charge is -2.39. The predicted molar refractivity (Wildman–Crippen MR) is 90.8 cm³/mol. The molecule has 0 fully saturated rings. The summed E-state index contributed by atoms with van der Waals surface area (Å²) in [5.41, 5.74) is 0.963. The van der Waals surface area contributed by atoms with Gasteiger partial charge in [-0.1, -0.05) is 45.1 Å². The summed E-state index contributed by atoms with van der Waals surface area (Å²) in [6.45, 7) is 11.4. The molecule has 0 radical (unpaired) electrons. The molecule has 0 saturated carbocycles. The molecule has 0 saturated heterocycles. The Labute approximate surface area is 130 Å². The molecule has 2 atom stereocenters. The molecular formula is C18H28O2Si. The predicted octanol–water partition coefficient (Wildman–Crippen LogP) is 4.80. The first kappa shape index (κ1) is 16.4. The maximum atomic E-state index is 11.9. The fraction of sp³-hybridized carbons (Fsp3) is 0.611. The Balaban J connectivity index is 2.13. The van der Waals surface area contributed by atoms with Crippen LogP contribution in [-0.2, 0) is 9.22 Å². The molecule has 0 heterocycles. The van der Waals surface area contributed by atoms with Gasteiger partial charge in [-0.05, 0) is 43.5 Å². The number of hydrogen-bond donors (Lipinski definition) is 0. The summed E-state index contributed by atoms with van der Waals surface area (Å²) in [5.74, 6) is 0.460. The minimum atomic E-state index is -1.76. The van der Waals surface area contributed by atoms with E-state index in [1.807, 2.05) is 6.08 Å². The number of allylic oxidation sites excluding steroid dienone is 4. The van der Waals surface area contributed by atoms with Gasteiger partial charge in [0.15, 0.2) is 14.1 Å². The summed E-state index contributed by atoms with van der Waals surface area (Å²) in [6, 6.07) is 0. The molecule has 2 aliphatic rings. The van der Waals surface area contributed by atoms with Crippen LogP contribution < -0.4 is 0 Å². The van der Waals surface area contributed by atoms with Gasteiger partial charge in [-0.25, -0.2) is 0 Å². The molecule has 0 aliphatic heterocycles. The molecule has 116 valence electrons. The third-order valence-electron chi connectivity index (χ3n) is 4.99.